The largest absolute Gasteiger partial charge is 0.460 e. The van der Waals surface area contributed by atoms with E-state index in [2.05, 4.69) is 6.92 Å². The van der Waals surface area contributed by atoms with E-state index in [0.717, 1.165) is 25.7 Å². The molecular formula is C28H38O7. The van der Waals surface area contributed by atoms with Crippen LogP contribution in [0.25, 0.3) is 0 Å². The van der Waals surface area contributed by atoms with E-state index in [0.29, 0.717) is 19.3 Å². The molecule has 0 unspecified atom stereocenters. The molecule has 2 heterocycles. The van der Waals surface area contributed by atoms with Crippen LogP contribution in [0.5, 0.6) is 0 Å². The van der Waals surface area contributed by atoms with Gasteiger partial charge in [0, 0.05) is 11.3 Å². The van der Waals surface area contributed by atoms with Gasteiger partial charge in [0.1, 0.15) is 17.8 Å². The van der Waals surface area contributed by atoms with Crippen LogP contribution in [0.3, 0.4) is 0 Å². The van der Waals surface area contributed by atoms with E-state index in [1.165, 1.54) is 0 Å². The number of rotatable bonds is 1. The lowest BCUT2D eigenvalue weighted by atomic mass is 9.44. The lowest BCUT2D eigenvalue weighted by Crippen LogP contribution is -2.65. The molecule has 0 amide bonds. The zero-order valence-corrected chi connectivity index (χ0v) is 21.1. The van der Waals surface area contributed by atoms with E-state index < -0.39 is 39.7 Å². The smallest absolute Gasteiger partial charge is 0.338 e. The number of hydrogen-bond donors (Lipinski definition) is 3. The fourth-order valence-electron chi connectivity index (χ4n) is 10.6. The maximum absolute atomic E-state index is 13.3. The van der Waals surface area contributed by atoms with Crippen molar-refractivity contribution in [1.82, 2.24) is 0 Å². The SMILES string of the molecule is C[C@@]12C[C@H](OC(=O)[C@@]1(C)O)[C@H]([C@]1(O)CC[C@H]3[C@@H]4C[C@H]5O[C@@]56[C@@H](O)C=CC(=O)[C@]6(C)[C@H]4CC[C@@]31C)C2. The van der Waals surface area contributed by atoms with Crippen LogP contribution in [-0.2, 0) is 19.1 Å². The van der Waals surface area contributed by atoms with Crippen molar-refractivity contribution in [3.8, 4) is 0 Å². The lowest BCUT2D eigenvalue weighted by molar-refractivity contribution is -0.201. The second-order valence-electron chi connectivity index (χ2n) is 13.9. The molecule has 6 fully saturated rings. The minimum Gasteiger partial charge on any atom is -0.460 e. The number of ketones is 1. The number of carbonyl (C=O) groups excluding carboxylic acids is 2. The summed E-state index contributed by atoms with van der Waals surface area (Å²) in [6, 6.07) is 0. The Morgan fingerprint density at radius 1 is 0.971 bits per heavy atom. The Hall–Kier alpha value is -1.28. The number of aliphatic hydroxyl groups is 3. The summed E-state index contributed by atoms with van der Waals surface area (Å²) in [6.07, 6.45) is 6.90. The van der Waals surface area contributed by atoms with Gasteiger partial charge in [0.25, 0.3) is 0 Å². The van der Waals surface area contributed by atoms with Gasteiger partial charge in [-0.2, -0.15) is 0 Å². The standard InChI is InChI=1S/C28H38O7/c1-23-12-17(18(13-23)34-22(31)26(23,4)32)27(33)10-8-15-14-11-21-28(35-21)20(30)6-5-19(29)25(28,3)16(14)7-9-24(15,27)2/h5-6,14-18,20-21,30,32-33H,7-13H2,1-4H3/t14-,15-,16-,17+,18-,20-,21+,23+,24-,25-,26+,27+,28-/m0/s1. The van der Waals surface area contributed by atoms with Gasteiger partial charge >= 0.3 is 5.97 Å². The second kappa shape index (κ2) is 6.23. The molecule has 2 bridgehead atoms. The third kappa shape index (κ3) is 2.23. The van der Waals surface area contributed by atoms with E-state index in [1.54, 1.807) is 19.1 Å². The van der Waals surface area contributed by atoms with Gasteiger partial charge in [0.2, 0.25) is 0 Å². The molecule has 2 aliphatic heterocycles. The molecule has 13 atom stereocenters. The van der Waals surface area contributed by atoms with Crippen LogP contribution in [0.1, 0.15) is 72.6 Å². The Kier molecular flexibility index (Phi) is 4.07. The molecule has 3 N–H and O–H groups in total. The van der Waals surface area contributed by atoms with Crippen molar-refractivity contribution in [1.29, 1.82) is 0 Å². The lowest BCUT2D eigenvalue weighted by Gasteiger charge is -2.59. The summed E-state index contributed by atoms with van der Waals surface area (Å²) in [5.41, 5.74) is -5.08. The summed E-state index contributed by atoms with van der Waals surface area (Å²) in [7, 11) is 0. The third-order valence-electron chi connectivity index (χ3n) is 13.0. The van der Waals surface area contributed by atoms with Gasteiger partial charge in [-0.15, -0.1) is 0 Å². The molecule has 7 rings (SSSR count). The Morgan fingerprint density at radius 2 is 1.69 bits per heavy atom. The number of esters is 1. The van der Waals surface area contributed by atoms with Gasteiger partial charge in [0.15, 0.2) is 11.4 Å². The average molecular weight is 487 g/mol. The summed E-state index contributed by atoms with van der Waals surface area (Å²) in [5.74, 6) is -0.163. The molecule has 1 spiro atoms. The molecule has 0 aromatic heterocycles. The van der Waals surface area contributed by atoms with Gasteiger partial charge in [-0.05, 0) is 94.1 Å². The highest BCUT2D eigenvalue weighted by Crippen LogP contribution is 2.74. The Morgan fingerprint density at radius 3 is 2.43 bits per heavy atom. The molecular weight excluding hydrogens is 448 g/mol. The maximum Gasteiger partial charge on any atom is 0.338 e. The topological polar surface area (TPSA) is 117 Å². The van der Waals surface area contributed by atoms with Crippen molar-refractivity contribution < 1.29 is 34.4 Å². The summed E-state index contributed by atoms with van der Waals surface area (Å²) in [5, 5.41) is 34.3. The number of aliphatic hydroxyl groups excluding tert-OH is 1. The molecule has 7 nitrogen and oxygen atoms in total. The van der Waals surface area contributed by atoms with Crippen LogP contribution < -0.4 is 0 Å². The highest BCUT2D eigenvalue weighted by atomic mass is 16.6. The van der Waals surface area contributed by atoms with Crippen molar-refractivity contribution in [2.24, 2.45) is 39.9 Å². The zero-order chi connectivity index (χ0) is 25.0. The molecule has 35 heavy (non-hydrogen) atoms. The Balaban J connectivity index is 1.24. The first-order valence-electron chi connectivity index (χ1n) is 13.5. The first kappa shape index (κ1) is 22.9. The molecule has 0 aromatic rings. The van der Waals surface area contributed by atoms with Crippen molar-refractivity contribution in [3.05, 3.63) is 12.2 Å². The van der Waals surface area contributed by atoms with Gasteiger partial charge in [-0.25, -0.2) is 4.79 Å². The molecule has 0 radical (unpaired) electrons. The summed E-state index contributed by atoms with van der Waals surface area (Å²) < 4.78 is 12.0. The van der Waals surface area contributed by atoms with E-state index >= 15 is 0 Å². The molecule has 4 saturated carbocycles. The monoisotopic (exact) mass is 486 g/mol. The van der Waals surface area contributed by atoms with E-state index in [-0.39, 0.29) is 47.1 Å². The summed E-state index contributed by atoms with van der Waals surface area (Å²) in [6.45, 7) is 7.72. The molecule has 5 aliphatic carbocycles. The minimum absolute atomic E-state index is 0.0588. The van der Waals surface area contributed by atoms with Crippen LogP contribution in [0.4, 0.5) is 0 Å². The minimum atomic E-state index is -1.55. The predicted octanol–water partition coefficient (Wildman–Crippen LogP) is 2.30. The predicted molar refractivity (Wildman–Crippen MR) is 124 cm³/mol. The molecule has 192 valence electrons. The highest BCUT2D eigenvalue weighted by Gasteiger charge is 2.81. The van der Waals surface area contributed by atoms with Crippen LogP contribution in [0.2, 0.25) is 0 Å². The normalized spacial score (nSPS) is 64.1. The Bertz CT molecular complexity index is 1070. The highest BCUT2D eigenvalue weighted by molar-refractivity contribution is 5.98. The Labute approximate surface area is 206 Å². The van der Waals surface area contributed by atoms with Crippen molar-refractivity contribution in [3.63, 3.8) is 0 Å². The van der Waals surface area contributed by atoms with Crippen LogP contribution in [0, 0.1) is 39.9 Å². The third-order valence-corrected chi connectivity index (χ3v) is 13.0. The average Bonchev–Trinajstić information content (AvgIpc) is 3.35. The number of carbonyl (C=O) groups is 2. The van der Waals surface area contributed by atoms with Crippen LogP contribution in [-0.4, -0.2) is 62.2 Å². The van der Waals surface area contributed by atoms with Crippen LogP contribution >= 0.6 is 0 Å². The van der Waals surface area contributed by atoms with Crippen molar-refractivity contribution in [2.75, 3.05) is 0 Å². The first-order chi connectivity index (χ1) is 16.3. The summed E-state index contributed by atoms with van der Waals surface area (Å²) in [4.78, 5) is 26.0. The number of hydrogen-bond acceptors (Lipinski definition) is 7. The number of allylic oxidation sites excluding steroid dienone is 1. The first-order valence-corrected chi connectivity index (χ1v) is 13.5. The van der Waals surface area contributed by atoms with Gasteiger partial charge < -0.3 is 24.8 Å². The molecule has 7 heteroatoms. The molecule has 7 aliphatic rings. The van der Waals surface area contributed by atoms with Crippen LogP contribution in [0.15, 0.2) is 12.2 Å². The maximum atomic E-state index is 13.3. The fraction of sp³-hybridized carbons (Fsp3) is 0.857. The van der Waals surface area contributed by atoms with Gasteiger partial charge in [-0.1, -0.05) is 13.8 Å². The quantitative estimate of drug-likeness (QED) is 0.385. The zero-order valence-electron chi connectivity index (χ0n) is 21.1. The number of fused-ring (bicyclic) bond motifs is 6. The number of epoxide rings is 1. The van der Waals surface area contributed by atoms with Crippen molar-refractivity contribution >= 4 is 11.8 Å². The van der Waals surface area contributed by atoms with E-state index in [9.17, 15) is 24.9 Å². The molecule has 2 saturated heterocycles. The second-order valence-corrected chi connectivity index (χ2v) is 13.9. The number of ether oxygens (including phenoxy) is 2. The van der Waals surface area contributed by atoms with Gasteiger partial charge in [-0.3, -0.25) is 4.79 Å². The van der Waals surface area contributed by atoms with Crippen molar-refractivity contribution in [2.45, 2.75) is 108 Å². The molecule has 0 aromatic carbocycles. The fourth-order valence-corrected chi connectivity index (χ4v) is 10.6. The summed E-state index contributed by atoms with van der Waals surface area (Å²) >= 11 is 0. The van der Waals surface area contributed by atoms with E-state index in [1.807, 2.05) is 13.8 Å². The van der Waals surface area contributed by atoms with E-state index in [4.69, 9.17) is 9.47 Å². The van der Waals surface area contributed by atoms with Gasteiger partial charge in [0.05, 0.1) is 17.1 Å².